The molecule has 2 fully saturated rings. The van der Waals surface area contributed by atoms with Crippen LogP contribution in [0.15, 0.2) is 18.7 Å². The van der Waals surface area contributed by atoms with Crippen molar-refractivity contribution in [3.63, 3.8) is 0 Å². The van der Waals surface area contributed by atoms with E-state index in [0.29, 0.717) is 11.8 Å². The standard InChI is InChI=1S/C18H28N4O/c1-21(2)16-3-5-18(6-4-16)7-9-22(10-8-18)17(23)11-15-12-19-14-20-13-15/h12-14,16H,3-11H2,1-2H3. The summed E-state index contributed by atoms with van der Waals surface area (Å²) in [6.07, 6.45) is 13.0. The third kappa shape index (κ3) is 3.89. The molecule has 0 radical (unpaired) electrons. The van der Waals surface area contributed by atoms with Gasteiger partial charge in [-0.3, -0.25) is 4.79 Å². The van der Waals surface area contributed by atoms with Crippen molar-refractivity contribution >= 4 is 5.91 Å². The van der Waals surface area contributed by atoms with Gasteiger partial charge in [0.2, 0.25) is 5.91 Å². The molecule has 0 bridgehead atoms. The van der Waals surface area contributed by atoms with E-state index in [9.17, 15) is 4.79 Å². The van der Waals surface area contributed by atoms with Gasteiger partial charge in [-0.2, -0.15) is 0 Å². The van der Waals surface area contributed by atoms with Crippen LogP contribution in [0.1, 0.15) is 44.1 Å². The summed E-state index contributed by atoms with van der Waals surface area (Å²) in [5.74, 6) is 0.219. The number of hydrogen-bond donors (Lipinski definition) is 0. The van der Waals surface area contributed by atoms with Crippen molar-refractivity contribution in [1.82, 2.24) is 19.8 Å². The number of hydrogen-bond acceptors (Lipinski definition) is 4. The SMILES string of the molecule is CN(C)C1CCC2(CC1)CCN(C(=O)Cc1cncnc1)CC2. The fraction of sp³-hybridized carbons (Fsp3) is 0.722. The maximum absolute atomic E-state index is 12.4. The van der Waals surface area contributed by atoms with Crippen molar-refractivity contribution in [1.29, 1.82) is 0 Å². The number of amides is 1. The number of aromatic nitrogens is 2. The lowest BCUT2D eigenvalue weighted by Crippen LogP contribution is -2.46. The van der Waals surface area contributed by atoms with Gasteiger partial charge in [-0.05, 0) is 63.6 Å². The molecule has 1 aliphatic heterocycles. The third-order valence-electron chi connectivity index (χ3n) is 5.89. The van der Waals surface area contributed by atoms with Crippen molar-refractivity contribution < 1.29 is 4.79 Å². The summed E-state index contributed by atoms with van der Waals surface area (Å²) in [7, 11) is 4.38. The fourth-order valence-electron chi connectivity index (χ4n) is 4.17. The quantitative estimate of drug-likeness (QED) is 0.857. The zero-order valence-electron chi connectivity index (χ0n) is 14.4. The highest BCUT2D eigenvalue weighted by Crippen LogP contribution is 2.45. The van der Waals surface area contributed by atoms with Crippen LogP contribution in [0.25, 0.3) is 0 Å². The largest absolute Gasteiger partial charge is 0.342 e. The fourth-order valence-corrected chi connectivity index (χ4v) is 4.17. The molecule has 5 heteroatoms. The summed E-state index contributed by atoms with van der Waals surface area (Å²) in [5.41, 5.74) is 1.41. The zero-order chi connectivity index (χ0) is 16.3. The Morgan fingerprint density at radius 3 is 2.35 bits per heavy atom. The number of piperidine rings is 1. The van der Waals surface area contributed by atoms with Gasteiger partial charge in [0.05, 0.1) is 6.42 Å². The van der Waals surface area contributed by atoms with Gasteiger partial charge in [-0.25, -0.2) is 9.97 Å². The molecule has 23 heavy (non-hydrogen) atoms. The Labute approximate surface area is 139 Å². The monoisotopic (exact) mass is 316 g/mol. The van der Waals surface area contributed by atoms with Crippen LogP contribution in [0, 0.1) is 5.41 Å². The first-order valence-corrected chi connectivity index (χ1v) is 8.76. The molecule has 126 valence electrons. The lowest BCUT2D eigenvalue weighted by atomic mass is 9.67. The molecule has 5 nitrogen and oxygen atoms in total. The van der Waals surface area contributed by atoms with E-state index in [-0.39, 0.29) is 5.91 Å². The average Bonchev–Trinajstić information content (AvgIpc) is 2.57. The van der Waals surface area contributed by atoms with Crippen molar-refractivity contribution in [3.05, 3.63) is 24.3 Å². The molecule has 0 atom stereocenters. The molecule has 0 N–H and O–H groups in total. The highest BCUT2D eigenvalue weighted by atomic mass is 16.2. The molecule has 2 aliphatic rings. The second kappa shape index (κ2) is 6.95. The van der Waals surface area contributed by atoms with E-state index >= 15 is 0 Å². The number of carbonyl (C=O) groups is 1. The average molecular weight is 316 g/mol. The number of likely N-dealkylation sites (tertiary alicyclic amines) is 1. The molecule has 1 saturated carbocycles. The van der Waals surface area contributed by atoms with Gasteiger partial charge < -0.3 is 9.80 Å². The molecule has 1 aromatic heterocycles. The highest BCUT2D eigenvalue weighted by molar-refractivity contribution is 5.78. The van der Waals surface area contributed by atoms with Crippen LogP contribution in [0.5, 0.6) is 0 Å². The first kappa shape index (κ1) is 16.4. The van der Waals surface area contributed by atoms with Gasteiger partial charge in [-0.1, -0.05) is 0 Å². The molecule has 0 aromatic carbocycles. The third-order valence-corrected chi connectivity index (χ3v) is 5.89. The van der Waals surface area contributed by atoms with Gasteiger partial charge in [-0.15, -0.1) is 0 Å². The van der Waals surface area contributed by atoms with Crippen molar-refractivity contribution in [3.8, 4) is 0 Å². The Morgan fingerprint density at radius 1 is 1.17 bits per heavy atom. The van der Waals surface area contributed by atoms with E-state index in [0.717, 1.165) is 24.7 Å². The summed E-state index contributed by atoms with van der Waals surface area (Å²) >= 11 is 0. The van der Waals surface area contributed by atoms with Crippen LogP contribution in [0.4, 0.5) is 0 Å². The zero-order valence-corrected chi connectivity index (χ0v) is 14.4. The lowest BCUT2D eigenvalue weighted by Gasteiger charge is -2.47. The van der Waals surface area contributed by atoms with E-state index in [4.69, 9.17) is 0 Å². The number of carbonyl (C=O) groups excluding carboxylic acids is 1. The summed E-state index contributed by atoms with van der Waals surface area (Å²) in [6.45, 7) is 1.83. The van der Waals surface area contributed by atoms with E-state index in [2.05, 4.69) is 29.0 Å². The molecule has 3 rings (SSSR count). The highest BCUT2D eigenvalue weighted by Gasteiger charge is 2.39. The molecule has 1 saturated heterocycles. The van der Waals surface area contributed by atoms with Crippen LogP contribution in [0.3, 0.4) is 0 Å². The summed E-state index contributed by atoms with van der Waals surface area (Å²) in [5, 5.41) is 0. The molecular formula is C18H28N4O. The first-order valence-electron chi connectivity index (χ1n) is 8.76. The van der Waals surface area contributed by atoms with Gasteiger partial charge in [0.1, 0.15) is 6.33 Å². The van der Waals surface area contributed by atoms with Crippen LogP contribution in [-0.4, -0.2) is 58.9 Å². The first-order chi connectivity index (χ1) is 11.1. The molecule has 0 unspecified atom stereocenters. The molecular weight excluding hydrogens is 288 g/mol. The van der Waals surface area contributed by atoms with Gasteiger partial charge in [0, 0.05) is 31.5 Å². The molecule has 2 heterocycles. The normalized spacial score (nSPS) is 21.8. The number of rotatable bonds is 3. The minimum atomic E-state index is 0.219. The van der Waals surface area contributed by atoms with Crippen molar-refractivity contribution in [2.75, 3.05) is 27.2 Å². The maximum atomic E-state index is 12.4. The van der Waals surface area contributed by atoms with E-state index in [1.807, 2.05) is 4.90 Å². The predicted octanol–water partition coefficient (Wildman–Crippen LogP) is 2.13. The van der Waals surface area contributed by atoms with Crippen molar-refractivity contribution in [2.45, 2.75) is 51.0 Å². The van der Waals surface area contributed by atoms with Crippen LogP contribution < -0.4 is 0 Å². The lowest BCUT2D eigenvalue weighted by molar-refractivity contribution is -0.133. The topological polar surface area (TPSA) is 49.3 Å². The Morgan fingerprint density at radius 2 is 1.78 bits per heavy atom. The Bertz CT molecular complexity index is 513. The Balaban J connectivity index is 1.50. The van der Waals surface area contributed by atoms with E-state index in [1.54, 1.807) is 12.4 Å². The smallest absolute Gasteiger partial charge is 0.227 e. The Kier molecular flexibility index (Phi) is 4.95. The second-order valence-electron chi connectivity index (χ2n) is 7.50. The molecule has 1 spiro atoms. The van der Waals surface area contributed by atoms with E-state index < -0.39 is 0 Å². The minimum absolute atomic E-state index is 0.219. The van der Waals surface area contributed by atoms with Crippen LogP contribution in [0.2, 0.25) is 0 Å². The Hall–Kier alpha value is -1.49. The summed E-state index contributed by atoms with van der Waals surface area (Å²) in [4.78, 5) is 24.8. The molecule has 1 aliphatic carbocycles. The molecule has 1 amide bonds. The van der Waals surface area contributed by atoms with Crippen molar-refractivity contribution in [2.24, 2.45) is 5.41 Å². The maximum Gasteiger partial charge on any atom is 0.227 e. The van der Waals surface area contributed by atoms with E-state index in [1.165, 1.54) is 44.9 Å². The summed E-state index contributed by atoms with van der Waals surface area (Å²) < 4.78 is 0. The van der Waals surface area contributed by atoms with Gasteiger partial charge in [0.15, 0.2) is 0 Å². The summed E-state index contributed by atoms with van der Waals surface area (Å²) in [6, 6.07) is 0.748. The molecule has 1 aromatic rings. The van der Waals surface area contributed by atoms with Gasteiger partial charge in [0.25, 0.3) is 0 Å². The van der Waals surface area contributed by atoms with Crippen LogP contribution in [-0.2, 0) is 11.2 Å². The number of nitrogens with zero attached hydrogens (tertiary/aromatic N) is 4. The predicted molar refractivity (Wildman–Crippen MR) is 89.9 cm³/mol. The van der Waals surface area contributed by atoms with Crippen LogP contribution >= 0.6 is 0 Å². The van der Waals surface area contributed by atoms with Gasteiger partial charge >= 0.3 is 0 Å². The second-order valence-corrected chi connectivity index (χ2v) is 7.50. The minimum Gasteiger partial charge on any atom is -0.342 e.